The molecule has 0 spiro atoms. The van der Waals surface area contributed by atoms with E-state index in [4.69, 9.17) is 33.0 Å². The van der Waals surface area contributed by atoms with Crippen LogP contribution >= 0.6 is 23.2 Å². The molecule has 0 radical (unpaired) electrons. The Hall–Kier alpha value is -0.860. The minimum absolute atomic E-state index is 0.122. The molecule has 1 rings (SSSR count). The van der Waals surface area contributed by atoms with E-state index in [1.54, 1.807) is 0 Å². The number of nitrogens with one attached hydrogen (secondary N) is 1. The Labute approximate surface area is 133 Å². The lowest BCUT2D eigenvalue weighted by Crippen LogP contribution is -2.26. The maximum absolute atomic E-state index is 12.1. The predicted molar refractivity (Wildman–Crippen MR) is 79.7 cm³/mol. The smallest absolute Gasteiger partial charge is 0.337 e. The number of carbonyl (C=O) groups is 1. The lowest BCUT2D eigenvalue weighted by Gasteiger charge is -2.10. The van der Waals surface area contributed by atoms with Crippen LogP contribution in [0.25, 0.3) is 0 Å². The summed E-state index contributed by atoms with van der Waals surface area (Å²) < 4.78 is 31.6. The summed E-state index contributed by atoms with van der Waals surface area (Å²) >= 11 is 11.5. The van der Waals surface area contributed by atoms with Gasteiger partial charge in [0.1, 0.15) is 4.90 Å². The number of sulfonamides is 1. The van der Waals surface area contributed by atoms with Gasteiger partial charge in [-0.25, -0.2) is 17.9 Å². The van der Waals surface area contributed by atoms with E-state index < -0.39 is 16.0 Å². The Balaban J connectivity index is 2.92. The normalized spacial score (nSPS) is 11.6. The lowest BCUT2D eigenvalue weighted by atomic mass is 10.2. The molecule has 9 heteroatoms. The van der Waals surface area contributed by atoms with E-state index in [1.807, 2.05) is 6.92 Å². The van der Waals surface area contributed by atoms with Crippen molar-refractivity contribution < 1.29 is 23.1 Å². The topological polar surface area (TPSA) is 92.7 Å². The van der Waals surface area contributed by atoms with Gasteiger partial charge in [-0.3, -0.25) is 0 Å². The highest BCUT2D eigenvalue weighted by molar-refractivity contribution is 7.89. The van der Waals surface area contributed by atoms with Gasteiger partial charge in [-0.2, -0.15) is 0 Å². The van der Waals surface area contributed by atoms with Crippen molar-refractivity contribution in [3.63, 3.8) is 0 Å². The molecule has 21 heavy (non-hydrogen) atoms. The lowest BCUT2D eigenvalue weighted by molar-refractivity contribution is 0.0697. The molecule has 0 bridgehead atoms. The second-order valence-electron chi connectivity index (χ2n) is 4.02. The third-order valence-corrected chi connectivity index (χ3v) is 4.74. The van der Waals surface area contributed by atoms with Crippen LogP contribution in [0.15, 0.2) is 17.0 Å². The first-order chi connectivity index (χ1) is 9.79. The molecule has 0 saturated heterocycles. The number of carboxylic acid groups (broad SMARTS) is 1. The Morgan fingerprint density at radius 2 is 2.00 bits per heavy atom. The van der Waals surface area contributed by atoms with Gasteiger partial charge in [-0.1, -0.05) is 23.2 Å². The molecule has 1 aromatic carbocycles. The first-order valence-corrected chi connectivity index (χ1v) is 8.33. The summed E-state index contributed by atoms with van der Waals surface area (Å²) in [7, 11) is -3.91. The molecular weight excluding hydrogens is 341 g/mol. The summed E-state index contributed by atoms with van der Waals surface area (Å²) in [5, 5.41) is 8.70. The average Bonchev–Trinajstić information content (AvgIpc) is 2.37. The first kappa shape index (κ1) is 18.2. The van der Waals surface area contributed by atoms with Gasteiger partial charge >= 0.3 is 5.97 Å². The summed E-state index contributed by atoms with van der Waals surface area (Å²) in [6, 6.07) is 2.04. The average molecular weight is 356 g/mol. The molecule has 0 aliphatic rings. The zero-order valence-corrected chi connectivity index (χ0v) is 13.6. The van der Waals surface area contributed by atoms with Gasteiger partial charge in [0.05, 0.1) is 15.6 Å². The zero-order valence-electron chi connectivity index (χ0n) is 11.2. The van der Waals surface area contributed by atoms with Crippen LogP contribution in [0.1, 0.15) is 23.7 Å². The predicted octanol–water partition coefficient (Wildman–Crippen LogP) is 2.40. The molecule has 0 atom stereocenters. The van der Waals surface area contributed by atoms with Crippen molar-refractivity contribution in [2.75, 3.05) is 19.8 Å². The molecule has 0 aromatic heterocycles. The van der Waals surface area contributed by atoms with Crippen molar-refractivity contribution in [3.8, 4) is 0 Å². The summed E-state index contributed by atoms with van der Waals surface area (Å²) in [6.07, 6.45) is 0.490. The quantitative estimate of drug-likeness (QED) is 0.698. The molecule has 0 aliphatic heterocycles. The summed E-state index contributed by atoms with van der Waals surface area (Å²) in [5.74, 6) is -1.33. The van der Waals surface area contributed by atoms with E-state index in [9.17, 15) is 13.2 Å². The zero-order chi connectivity index (χ0) is 16.0. The van der Waals surface area contributed by atoms with E-state index in [0.29, 0.717) is 19.6 Å². The first-order valence-electron chi connectivity index (χ1n) is 6.09. The second-order valence-corrected chi connectivity index (χ2v) is 6.57. The highest BCUT2D eigenvalue weighted by atomic mass is 35.5. The van der Waals surface area contributed by atoms with Crippen LogP contribution in [0.2, 0.25) is 10.0 Å². The van der Waals surface area contributed by atoms with Crippen molar-refractivity contribution in [1.82, 2.24) is 4.72 Å². The molecule has 6 nitrogen and oxygen atoms in total. The van der Waals surface area contributed by atoms with Gasteiger partial charge in [-0.15, -0.1) is 0 Å². The van der Waals surface area contributed by atoms with Crippen LogP contribution < -0.4 is 4.72 Å². The molecule has 0 unspecified atom stereocenters. The van der Waals surface area contributed by atoms with E-state index in [0.717, 1.165) is 12.1 Å². The molecule has 118 valence electrons. The highest BCUT2D eigenvalue weighted by Gasteiger charge is 2.22. The van der Waals surface area contributed by atoms with E-state index in [-0.39, 0.29) is 27.0 Å². The van der Waals surface area contributed by atoms with E-state index in [1.165, 1.54) is 0 Å². The molecule has 2 N–H and O–H groups in total. The third kappa shape index (κ3) is 5.12. The van der Waals surface area contributed by atoms with Crippen LogP contribution in [0.3, 0.4) is 0 Å². The SMILES string of the molecule is CCOCCCNS(=O)(=O)c1cc(C(=O)O)c(Cl)cc1Cl. The monoisotopic (exact) mass is 355 g/mol. The number of ether oxygens (including phenoxy) is 1. The fraction of sp³-hybridized carbons (Fsp3) is 0.417. The van der Waals surface area contributed by atoms with Gasteiger partial charge in [0, 0.05) is 19.8 Å². The van der Waals surface area contributed by atoms with Crippen LogP contribution in [0.5, 0.6) is 0 Å². The summed E-state index contributed by atoms with van der Waals surface area (Å²) in [5.41, 5.74) is -0.323. The van der Waals surface area contributed by atoms with E-state index >= 15 is 0 Å². The molecule has 0 fully saturated rings. The third-order valence-electron chi connectivity index (χ3n) is 2.50. The molecular formula is C12H15Cl2NO5S. The second kappa shape index (κ2) is 7.95. The van der Waals surface area contributed by atoms with Crippen molar-refractivity contribution >= 4 is 39.2 Å². The Kier molecular flexibility index (Phi) is 6.89. The number of benzene rings is 1. The maximum Gasteiger partial charge on any atom is 0.337 e. The summed E-state index contributed by atoms with van der Waals surface area (Å²) in [4.78, 5) is 10.7. The molecule has 0 aliphatic carbocycles. The highest BCUT2D eigenvalue weighted by Crippen LogP contribution is 2.28. The number of hydrogen-bond donors (Lipinski definition) is 2. The largest absolute Gasteiger partial charge is 0.478 e. The van der Waals surface area contributed by atoms with Gasteiger partial charge in [0.15, 0.2) is 0 Å². The van der Waals surface area contributed by atoms with Gasteiger partial charge in [0.25, 0.3) is 0 Å². The maximum atomic E-state index is 12.1. The number of halogens is 2. The minimum atomic E-state index is -3.91. The Morgan fingerprint density at radius 3 is 2.57 bits per heavy atom. The van der Waals surface area contributed by atoms with Crippen molar-refractivity contribution in [2.24, 2.45) is 0 Å². The molecule has 0 saturated carbocycles. The molecule has 0 amide bonds. The van der Waals surface area contributed by atoms with Gasteiger partial charge in [0.2, 0.25) is 10.0 Å². The van der Waals surface area contributed by atoms with Crippen LogP contribution in [-0.4, -0.2) is 39.3 Å². The van der Waals surface area contributed by atoms with Crippen LogP contribution in [-0.2, 0) is 14.8 Å². The van der Waals surface area contributed by atoms with Crippen molar-refractivity contribution in [1.29, 1.82) is 0 Å². The van der Waals surface area contributed by atoms with E-state index in [2.05, 4.69) is 4.72 Å². The number of rotatable bonds is 8. The van der Waals surface area contributed by atoms with Crippen molar-refractivity contribution in [2.45, 2.75) is 18.2 Å². The number of aromatic carboxylic acids is 1. The Morgan fingerprint density at radius 1 is 1.33 bits per heavy atom. The number of hydrogen-bond acceptors (Lipinski definition) is 4. The standard InChI is InChI=1S/C12H15Cl2NO5S/c1-2-20-5-3-4-15-21(18,19)11-6-8(12(16)17)9(13)7-10(11)14/h6-7,15H,2-5H2,1H3,(H,16,17). The summed E-state index contributed by atoms with van der Waals surface area (Å²) in [6.45, 7) is 2.97. The number of carboxylic acids is 1. The molecule has 0 heterocycles. The van der Waals surface area contributed by atoms with Crippen LogP contribution in [0.4, 0.5) is 0 Å². The van der Waals surface area contributed by atoms with Gasteiger partial charge < -0.3 is 9.84 Å². The molecule has 1 aromatic rings. The minimum Gasteiger partial charge on any atom is -0.478 e. The Bertz CT molecular complexity index is 618. The van der Waals surface area contributed by atoms with Crippen LogP contribution in [0, 0.1) is 0 Å². The fourth-order valence-electron chi connectivity index (χ4n) is 1.50. The fourth-order valence-corrected chi connectivity index (χ4v) is 3.43. The van der Waals surface area contributed by atoms with Gasteiger partial charge in [-0.05, 0) is 25.5 Å². The van der Waals surface area contributed by atoms with Crippen molar-refractivity contribution in [3.05, 3.63) is 27.7 Å².